The van der Waals surface area contributed by atoms with Gasteiger partial charge in [0.25, 0.3) is 0 Å². The summed E-state index contributed by atoms with van der Waals surface area (Å²) in [5.74, 6) is 1.56. The summed E-state index contributed by atoms with van der Waals surface area (Å²) in [5, 5.41) is 0. The molecule has 1 aromatic rings. The molecule has 0 saturated carbocycles. The van der Waals surface area contributed by atoms with E-state index in [4.69, 9.17) is 14.2 Å². The fourth-order valence-corrected chi connectivity index (χ4v) is 2.44. The summed E-state index contributed by atoms with van der Waals surface area (Å²) in [5.41, 5.74) is 0.835. The van der Waals surface area contributed by atoms with Crippen LogP contribution in [0.2, 0.25) is 0 Å². The predicted molar refractivity (Wildman–Crippen MR) is 60.6 cm³/mol. The molecule has 0 aromatic heterocycles. The molecule has 0 aliphatic carbocycles. The van der Waals surface area contributed by atoms with E-state index < -0.39 is 0 Å². The number of hydrogen-bond donors (Lipinski definition) is 0. The number of hydrogen-bond acceptors (Lipinski definition) is 3. The Balaban J connectivity index is 2.52. The minimum Gasteiger partial charge on any atom is -0.497 e. The number of epoxide rings is 1. The van der Waals surface area contributed by atoms with Crippen LogP contribution in [0.3, 0.4) is 0 Å². The van der Waals surface area contributed by atoms with Crippen molar-refractivity contribution in [2.24, 2.45) is 0 Å². The van der Waals surface area contributed by atoms with Crippen molar-refractivity contribution in [2.75, 3.05) is 20.8 Å². The van der Waals surface area contributed by atoms with E-state index >= 15 is 0 Å². The van der Waals surface area contributed by atoms with Gasteiger partial charge in [-0.25, -0.2) is 0 Å². The van der Waals surface area contributed by atoms with Crippen LogP contribution in [0.4, 0.5) is 0 Å². The molecule has 1 heterocycles. The topological polar surface area (TPSA) is 31.0 Å². The summed E-state index contributed by atoms with van der Waals surface area (Å²) in [6.07, 6.45) is 0. The van der Waals surface area contributed by atoms with Gasteiger partial charge >= 0.3 is 0 Å². The van der Waals surface area contributed by atoms with Crippen molar-refractivity contribution in [3.05, 3.63) is 22.2 Å². The maximum Gasteiger partial charge on any atom is 0.129 e. The monoisotopic (exact) mass is 272 g/mol. The van der Waals surface area contributed by atoms with Crippen LogP contribution in [-0.4, -0.2) is 20.8 Å². The molecule has 1 aliphatic rings. The third-order valence-corrected chi connectivity index (χ3v) is 3.21. The van der Waals surface area contributed by atoms with Crippen LogP contribution >= 0.6 is 15.9 Å². The molecule has 0 bridgehead atoms. The zero-order valence-electron chi connectivity index (χ0n) is 8.96. The van der Waals surface area contributed by atoms with Crippen molar-refractivity contribution < 1.29 is 14.2 Å². The van der Waals surface area contributed by atoms with E-state index in [0.717, 1.165) is 28.1 Å². The van der Waals surface area contributed by atoms with Crippen molar-refractivity contribution >= 4 is 15.9 Å². The van der Waals surface area contributed by atoms with E-state index in [0.29, 0.717) is 0 Å². The smallest absolute Gasteiger partial charge is 0.129 e. The quantitative estimate of drug-likeness (QED) is 0.793. The van der Waals surface area contributed by atoms with Crippen LogP contribution in [0.1, 0.15) is 12.5 Å². The molecular formula is C11H13BrO3. The predicted octanol–water partition coefficient (Wildman–Crippen LogP) is 2.71. The van der Waals surface area contributed by atoms with Crippen LogP contribution in [0.15, 0.2) is 16.6 Å². The first kappa shape index (κ1) is 10.8. The molecular weight excluding hydrogens is 260 g/mol. The first-order valence-electron chi connectivity index (χ1n) is 4.66. The number of benzene rings is 1. The van der Waals surface area contributed by atoms with E-state index in [1.165, 1.54) is 0 Å². The van der Waals surface area contributed by atoms with Crippen LogP contribution in [0.25, 0.3) is 0 Å². The van der Waals surface area contributed by atoms with E-state index in [-0.39, 0.29) is 5.60 Å². The average Bonchev–Trinajstić information content (AvgIpc) is 2.95. The van der Waals surface area contributed by atoms with Crippen molar-refractivity contribution in [1.82, 2.24) is 0 Å². The van der Waals surface area contributed by atoms with Gasteiger partial charge in [-0.15, -0.1) is 0 Å². The molecule has 1 aromatic carbocycles. The standard InChI is InChI=1S/C11H13BrO3/c1-11(6-15-11)10-8(12)4-7(13-2)5-9(10)14-3/h4-5H,6H2,1-3H3. The lowest BCUT2D eigenvalue weighted by molar-refractivity contribution is 0.313. The van der Waals surface area contributed by atoms with E-state index in [2.05, 4.69) is 15.9 Å². The molecule has 15 heavy (non-hydrogen) atoms. The average molecular weight is 273 g/mol. The lowest BCUT2D eigenvalue weighted by Gasteiger charge is -2.15. The Morgan fingerprint density at radius 3 is 2.47 bits per heavy atom. The Kier molecular flexibility index (Phi) is 2.64. The normalized spacial score (nSPS) is 23.7. The molecule has 0 spiro atoms. The fraction of sp³-hybridized carbons (Fsp3) is 0.455. The Bertz CT molecular complexity index is 386. The summed E-state index contributed by atoms with van der Waals surface area (Å²) < 4.78 is 16.9. The lowest BCUT2D eigenvalue weighted by Crippen LogP contribution is -2.06. The van der Waals surface area contributed by atoms with Gasteiger partial charge in [-0.3, -0.25) is 0 Å². The Labute approximate surface area is 97.5 Å². The molecule has 2 rings (SSSR count). The SMILES string of the molecule is COc1cc(Br)c(C2(C)CO2)c(OC)c1. The zero-order valence-corrected chi connectivity index (χ0v) is 10.6. The fourth-order valence-electron chi connectivity index (χ4n) is 1.60. The van der Waals surface area contributed by atoms with Crippen LogP contribution in [-0.2, 0) is 10.3 Å². The molecule has 1 unspecified atom stereocenters. The number of rotatable bonds is 3. The molecule has 1 saturated heterocycles. The van der Waals surface area contributed by atoms with Gasteiger partial charge in [0.1, 0.15) is 17.1 Å². The maximum atomic E-state index is 5.43. The zero-order chi connectivity index (χ0) is 11.1. The molecule has 0 amide bonds. The highest BCUT2D eigenvalue weighted by molar-refractivity contribution is 9.10. The van der Waals surface area contributed by atoms with Gasteiger partial charge in [-0.05, 0) is 13.0 Å². The van der Waals surface area contributed by atoms with Gasteiger partial charge in [-0.2, -0.15) is 0 Å². The Hall–Kier alpha value is -0.740. The molecule has 0 radical (unpaired) electrons. The summed E-state index contributed by atoms with van der Waals surface area (Å²) in [7, 11) is 3.28. The van der Waals surface area contributed by atoms with E-state index in [9.17, 15) is 0 Å². The maximum absolute atomic E-state index is 5.43. The molecule has 1 aliphatic heterocycles. The second-order valence-corrected chi connectivity index (χ2v) is 4.56. The number of ether oxygens (including phenoxy) is 3. The summed E-state index contributed by atoms with van der Waals surface area (Å²) in [6, 6.07) is 3.79. The van der Waals surface area contributed by atoms with Crippen molar-refractivity contribution in [1.29, 1.82) is 0 Å². The molecule has 3 nitrogen and oxygen atoms in total. The Morgan fingerprint density at radius 1 is 1.33 bits per heavy atom. The first-order valence-corrected chi connectivity index (χ1v) is 5.46. The number of halogens is 1. The third kappa shape index (κ3) is 1.84. The highest BCUT2D eigenvalue weighted by atomic mass is 79.9. The summed E-state index contributed by atoms with van der Waals surface area (Å²) in [6.45, 7) is 2.77. The Morgan fingerprint density at radius 2 is 2.00 bits per heavy atom. The van der Waals surface area contributed by atoms with E-state index in [1.54, 1.807) is 14.2 Å². The minimum atomic E-state index is -0.212. The highest BCUT2D eigenvalue weighted by Gasteiger charge is 2.45. The first-order chi connectivity index (χ1) is 7.10. The van der Waals surface area contributed by atoms with Crippen molar-refractivity contribution in [3.8, 4) is 11.5 Å². The van der Waals surface area contributed by atoms with Crippen molar-refractivity contribution in [2.45, 2.75) is 12.5 Å². The van der Waals surface area contributed by atoms with E-state index in [1.807, 2.05) is 19.1 Å². The second kappa shape index (κ2) is 3.68. The van der Waals surface area contributed by atoms with Gasteiger partial charge in [0, 0.05) is 16.1 Å². The molecule has 82 valence electrons. The molecule has 4 heteroatoms. The van der Waals surface area contributed by atoms with Gasteiger partial charge in [0.05, 0.1) is 20.8 Å². The highest BCUT2D eigenvalue weighted by Crippen LogP contribution is 2.47. The van der Waals surface area contributed by atoms with Gasteiger partial charge in [-0.1, -0.05) is 15.9 Å². The minimum absolute atomic E-state index is 0.212. The van der Waals surface area contributed by atoms with Crippen LogP contribution in [0.5, 0.6) is 11.5 Å². The molecule has 0 N–H and O–H groups in total. The van der Waals surface area contributed by atoms with Crippen LogP contribution < -0.4 is 9.47 Å². The van der Waals surface area contributed by atoms with Crippen LogP contribution in [0, 0.1) is 0 Å². The summed E-state index contributed by atoms with van der Waals surface area (Å²) >= 11 is 3.52. The lowest BCUT2D eigenvalue weighted by atomic mass is 10.0. The van der Waals surface area contributed by atoms with Gasteiger partial charge in [0.15, 0.2) is 0 Å². The number of methoxy groups -OCH3 is 2. The summed E-state index contributed by atoms with van der Waals surface area (Å²) in [4.78, 5) is 0. The second-order valence-electron chi connectivity index (χ2n) is 3.71. The van der Waals surface area contributed by atoms with Gasteiger partial charge < -0.3 is 14.2 Å². The molecule has 1 atom stereocenters. The van der Waals surface area contributed by atoms with Gasteiger partial charge in [0.2, 0.25) is 0 Å². The largest absolute Gasteiger partial charge is 0.497 e. The van der Waals surface area contributed by atoms with Crippen molar-refractivity contribution in [3.63, 3.8) is 0 Å². The third-order valence-electron chi connectivity index (χ3n) is 2.59. The molecule has 1 fully saturated rings.